The van der Waals surface area contributed by atoms with Crippen LogP contribution in [0.15, 0.2) is 18.2 Å². The molecule has 1 saturated heterocycles. The van der Waals surface area contributed by atoms with E-state index < -0.39 is 17.2 Å². The topological polar surface area (TPSA) is 64.4 Å². The molecule has 4 nitrogen and oxygen atoms in total. The number of hydrogen-bond donors (Lipinski definition) is 2. The summed E-state index contributed by atoms with van der Waals surface area (Å²) in [4.78, 5) is 12.5. The van der Waals surface area contributed by atoms with Crippen LogP contribution in [0.1, 0.15) is 24.0 Å². The number of amides is 1. The minimum atomic E-state index is -4.45. The number of ether oxygens (including phenoxy) is 1. The third kappa shape index (κ3) is 4.16. The number of nitrogens with two attached hydrogens (primary N) is 1. The average Bonchev–Trinajstić information content (AvgIpc) is 2.48. The molecule has 130 valence electrons. The van der Waals surface area contributed by atoms with Crippen molar-refractivity contribution in [1.82, 2.24) is 0 Å². The van der Waals surface area contributed by atoms with Crippen LogP contribution < -0.4 is 11.1 Å². The van der Waals surface area contributed by atoms with Crippen LogP contribution in [0.4, 0.5) is 18.9 Å². The van der Waals surface area contributed by atoms with E-state index in [1.165, 1.54) is 19.1 Å². The molecule has 0 atom stereocenters. The smallest absolute Gasteiger partial charge is 0.381 e. The van der Waals surface area contributed by atoms with Gasteiger partial charge in [-0.1, -0.05) is 6.07 Å². The van der Waals surface area contributed by atoms with Crippen LogP contribution in [-0.4, -0.2) is 25.7 Å². The third-order valence-corrected chi connectivity index (χ3v) is 4.21. The maximum Gasteiger partial charge on any atom is 0.416 e. The van der Waals surface area contributed by atoms with Crippen molar-refractivity contribution < 1.29 is 22.7 Å². The average molecular weight is 353 g/mol. The van der Waals surface area contributed by atoms with E-state index in [1.54, 1.807) is 0 Å². The van der Waals surface area contributed by atoms with Gasteiger partial charge in [0, 0.05) is 25.4 Å². The number of hydrogen-bond acceptors (Lipinski definition) is 3. The predicted molar refractivity (Wildman–Crippen MR) is 83.6 cm³/mol. The largest absolute Gasteiger partial charge is 0.416 e. The van der Waals surface area contributed by atoms with Crippen molar-refractivity contribution in [2.45, 2.75) is 25.9 Å². The molecule has 23 heavy (non-hydrogen) atoms. The SMILES string of the molecule is Cc1c(NC(=O)C2(CN)CCOCC2)cccc1C(F)(F)F.Cl. The molecule has 0 bridgehead atoms. The van der Waals surface area contributed by atoms with Gasteiger partial charge in [0.25, 0.3) is 0 Å². The predicted octanol–water partition coefficient (Wildman–Crippen LogP) is 3.13. The molecule has 1 aliphatic rings. The van der Waals surface area contributed by atoms with Crippen molar-refractivity contribution >= 4 is 24.0 Å². The van der Waals surface area contributed by atoms with Gasteiger partial charge in [-0.3, -0.25) is 4.79 Å². The van der Waals surface area contributed by atoms with E-state index in [1.807, 2.05) is 0 Å². The second-order valence-electron chi connectivity index (χ2n) is 5.53. The Balaban J connectivity index is 0.00000264. The van der Waals surface area contributed by atoms with Crippen molar-refractivity contribution in [2.24, 2.45) is 11.1 Å². The Morgan fingerprint density at radius 1 is 1.35 bits per heavy atom. The van der Waals surface area contributed by atoms with Crippen molar-refractivity contribution in [2.75, 3.05) is 25.1 Å². The van der Waals surface area contributed by atoms with Crippen LogP contribution in [0.2, 0.25) is 0 Å². The normalized spacial score (nSPS) is 17.3. The molecule has 1 fully saturated rings. The lowest BCUT2D eigenvalue weighted by atomic mass is 9.79. The fourth-order valence-corrected chi connectivity index (χ4v) is 2.62. The lowest BCUT2D eigenvalue weighted by molar-refractivity contribution is -0.138. The number of nitrogens with one attached hydrogen (secondary N) is 1. The summed E-state index contributed by atoms with van der Waals surface area (Å²) in [6, 6.07) is 3.74. The van der Waals surface area contributed by atoms with Crippen molar-refractivity contribution in [3.63, 3.8) is 0 Å². The Labute approximate surface area is 139 Å². The second-order valence-corrected chi connectivity index (χ2v) is 5.53. The van der Waals surface area contributed by atoms with E-state index in [0.717, 1.165) is 6.07 Å². The molecular formula is C15H20ClF3N2O2. The Morgan fingerprint density at radius 2 is 1.96 bits per heavy atom. The molecule has 0 aromatic heterocycles. The Kier molecular flexibility index (Phi) is 6.44. The highest BCUT2D eigenvalue weighted by Gasteiger charge is 2.39. The first-order valence-corrected chi connectivity index (χ1v) is 7.06. The lowest BCUT2D eigenvalue weighted by Crippen LogP contribution is -2.46. The van der Waals surface area contributed by atoms with Gasteiger partial charge in [-0.25, -0.2) is 0 Å². The Hall–Kier alpha value is -1.31. The zero-order valence-corrected chi connectivity index (χ0v) is 13.5. The molecule has 0 radical (unpaired) electrons. The number of benzene rings is 1. The minimum absolute atomic E-state index is 0. The highest BCUT2D eigenvalue weighted by atomic mass is 35.5. The molecule has 0 unspecified atom stereocenters. The molecule has 1 aromatic carbocycles. The number of alkyl halides is 3. The van der Waals surface area contributed by atoms with E-state index in [9.17, 15) is 18.0 Å². The van der Waals surface area contributed by atoms with Crippen LogP contribution in [0, 0.1) is 12.3 Å². The Morgan fingerprint density at radius 3 is 2.48 bits per heavy atom. The summed E-state index contributed by atoms with van der Waals surface area (Å²) >= 11 is 0. The number of carbonyl (C=O) groups excluding carboxylic acids is 1. The van der Waals surface area contributed by atoms with Crippen LogP contribution in [-0.2, 0) is 15.7 Å². The zero-order chi connectivity index (χ0) is 16.4. The Bertz CT molecular complexity index is 558. The van der Waals surface area contributed by atoms with Crippen LogP contribution in [0.5, 0.6) is 0 Å². The molecule has 1 heterocycles. The molecule has 1 amide bonds. The maximum absolute atomic E-state index is 12.9. The monoisotopic (exact) mass is 352 g/mol. The first-order valence-electron chi connectivity index (χ1n) is 7.06. The molecule has 1 aromatic rings. The van der Waals surface area contributed by atoms with Crippen LogP contribution in [0.3, 0.4) is 0 Å². The highest BCUT2D eigenvalue weighted by molar-refractivity contribution is 5.96. The lowest BCUT2D eigenvalue weighted by Gasteiger charge is -2.34. The highest BCUT2D eigenvalue weighted by Crippen LogP contribution is 2.36. The van der Waals surface area contributed by atoms with Crippen molar-refractivity contribution in [1.29, 1.82) is 0 Å². The minimum Gasteiger partial charge on any atom is -0.381 e. The van der Waals surface area contributed by atoms with Gasteiger partial charge in [-0.05, 0) is 37.5 Å². The fraction of sp³-hybridized carbons (Fsp3) is 0.533. The van der Waals surface area contributed by atoms with Crippen LogP contribution >= 0.6 is 12.4 Å². The number of anilines is 1. The van der Waals surface area contributed by atoms with E-state index in [4.69, 9.17) is 10.5 Å². The molecular weight excluding hydrogens is 333 g/mol. The summed E-state index contributed by atoms with van der Waals surface area (Å²) in [7, 11) is 0. The second kappa shape index (κ2) is 7.51. The van der Waals surface area contributed by atoms with Crippen molar-refractivity contribution in [3.8, 4) is 0 Å². The van der Waals surface area contributed by atoms with Gasteiger partial charge in [-0.15, -0.1) is 12.4 Å². The van der Waals surface area contributed by atoms with Gasteiger partial charge in [-0.2, -0.15) is 13.2 Å². The molecule has 8 heteroatoms. The van der Waals surface area contributed by atoms with Gasteiger partial charge in [0.15, 0.2) is 0 Å². The summed E-state index contributed by atoms with van der Waals surface area (Å²) in [5.74, 6) is -0.347. The number of halogens is 4. The van der Waals surface area contributed by atoms with Gasteiger partial charge in [0.2, 0.25) is 5.91 Å². The summed E-state index contributed by atoms with van der Waals surface area (Å²) in [5, 5.41) is 2.61. The molecule has 0 spiro atoms. The summed E-state index contributed by atoms with van der Waals surface area (Å²) in [6.45, 7) is 2.33. The number of carbonyl (C=O) groups is 1. The third-order valence-electron chi connectivity index (χ3n) is 4.21. The number of rotatable bonds is 3. The first-order chi connectivity index (χ1) is 10.3. The molecule has 0 saturated carbocycles. The first kappa shape index (κ1) is 19.7. The quantitative estimate of drug-likeness (QED) is 0.878. The fourth-order valence-electron chi connectivity index (χ4n) is 2.62. The van der Waals surface area contributed by atoms with E-state index in [0.29, 0.717) is 26.1 Å². The van der Waals surface area contributed by atoms with E-state index in [2.05, 4.69) is 5.32 Å². The van der Waals surface area contributed by atoms with E-state index >= 15 is 0 Å². The molecule has 1 aliphatic heterocycles. The van der Waals surface area contributed by atoms with Gasteiger partial charge < -0.3 is 15.8 Å². The molecule has 0 aliphatic carbocycles. The standard InChI is InChI=1S/C15H19F3N2O2.ClH/c1-10-11(15(16,17)18)3-2-4-12(10)20-13(21)14(9-19)5-7-22-8-6-14;/h2-4H,5-9,19H2,1H3,(H,20,21);1H. The van der Waals surface area contributed by atoms with Gasteiger partial charge in [0.1, 0.15) is 0 Å². The maximum atomic E-state index is 12.9. The summed E-state index contributed by atoms with van der Waals surface area (Å²) in [5.41, 5.74) is 4.37. The van der Waals surface area contributed by atoms with Crippen LogP contribution in [0.25, 0.3) is 0 Å². The summed E-state index contributed by atoms with van der Waals surface area (Å²) < 4.78 is 44.0. The zero-order valence-electron chi connectivity index (χ0n) is 12.7. The van der Waals surface area contributed by atoms with Crippen molar-refractivity contribution in [3.05, 3.63) is 29.3 Å². The van der Waals surface area contributed by atoms with E-state index in [-0.39, 0.29) is 36.1 Å². The molecule has 2 rings (SSSR count). The van der Waals surface area contributed by atoms with Gasteiger partial charge in [0.05, 0.1) is 11.0 Å². The molecule has 3 N–H and O–H groups in total. The summed E-state index contributed by atoms with van der Waals surface area (Å²) in [6.07, 6.45) is -3.52. The van der Waals surface area contributed by atoms with Gasteiger partial charge >= 0.3 is 6.18 Å².